The number of rotatable bonds is 5. The molecule has 2 saturated heterocycles. The molecule has 2 heterocycles. The van der Waals surface area contributed by atoms with Crippen LogP contribution in [0, 0.1) is 0 Å². The second-order valence-corrected chi connectivity index (χ2v) is 7.78. The molecule has 0 unspecified atom stereocenters. The second kappa shape index (κ2) is 9.18. The molecule has 29 heavy (non-hydrogen) atoms. The number of amides is 1. The highest BCUT2D eigenvalue weighted by Crippen LogP contribution is 2.23. The van der Waals surface area contributed by atoms with Crippen molar-refractivity contribution in [2.24, 2.45) is 0 Å². The van der Waals surface area contributed by atoms with Crippen LogP contribution in [0.15, 0.2) is 54.6 Å². The number of benzene rings is 2. The Morgan fingerprint density at radius 2 is 1.28 bits per heavy atom. The van der Waals surface area contributed by atoms with Crippen molar-refractivity contribution in [1.82, 2.24) is 9.80 Å². The number of nitrogens with zero attached hydrogens (tertiary/aromatic N) is 4. The molecular weight excluding hydrogens is 364 g/mol. The Morgan fingerprint density at radius 3 is 1.83 bits per heavy atom. The first-order valence-electron chi connectivity index (χ1n) is 10.4. The van der Waals surface area contributed by atoms with Gasteiger partial charge in [-0.25, -0.2) is 0 Å². The highest BCUT2D eigenvalue weighted by atomic mass is 16.5. The van der Waals surface area contributed by atoms with Crippen LogP contribution in [0.5, 0.6) is 5.75 Å². The molecule has 0 spiro atoms. The Balaban J connectivity index is 1.25. The van der Waals surface area contributed by atoms with Gasteiger partial charge in [0, 0.05) is 63.7 Å². The Morgan fingerprint density at radius 1 is 0.759 bits per heavy atom. The highest BCUT2D eigenvalue weighted by Gasteiger charge is 2.22. The average Bonchev–Trinajstić information content (AvgIpc) is 2.79. The third-order valence-corrected chi connectivity index (χ3v) is 5.82. The second-order valence-electron chi connectivity index (χ2n) is 7.78. The van der Waals surface area contributed by atoms with E-state index in [2.05, 4.69) is 46.0 Å². The van der Waals surface area contributed by atoms with Crippen LogP contribution in [0.3, 0.4) is 0 Å². The molecule has 0 aliphatic carbocycles. The number of piperazine rings is 2. The Bertz CT molecular complexity index is 780. The summed E-state index contributed by atoms with van der Waals surface area (Å²) in [6, 6.07) is 18.4. The van der Waals surface area contributed by atoms with E-state index in [1.54, 1.807) is 0 Å². The van der Waals surface area contributed by atoms with Gasteiger partial charge in [0.25, 0.3) is 5.91 Å². The van der Waals surface area contributed by atoms with E-state index in [1.165, 1.54) is 11.4 Å². The molecule has 0 bridgehead atoms. The zero-order valence-electron chi connectivity index (χ0n) is 17.2. The van der Waals surface area contributed by atoms with E-state index in [0.717, 1.165) is 58.1 Å². The molecule has 0 atom stereocenters. The van der Waals surface area contributed by atoms with Crippen LogP contribution in [0.1, 0.15) is 0 Å². The van der Waals surface area contributed by atoms with Crippen molar-refractivity contribution in [3.63, 3.8) is 0 Å². The van der Waals surface area contributed by atoms with Crippen molar-refractivity contribution in [3.05, 3.63) is 54.6 Å². The minimum atomic E-state index is 0.0546. The van der Waals surface area contributed by atoms with Gasteiger partial charge >= 0.3 is 0 Å². The number of anilines is 2. The summed E-state index contributed by atoms with van der Waals surface area (Å²) >= 11 is 0. The minimum absolute atomic E-state index is 0.0546. The molecular formula is C23H30N4O2. The van der Waals surface area contributed by atoms with Crippen molar-refractivity contribution < 1.29 is 9.53 Å². The number of para-hydroxylation sites is 1. The normalized spacial score (nSPS) is 18.0. The molecule has 6 nitrogen and oxygen atoms in total. The van der Waals surface area contributed by atoms with E-state index in [9.17, 15) is 4.79 Å². The van der Waals surface area contributed by atoms with Crippen molar-refractivity contribution in [2.75, 3.05) is 75.8 Å². The topological polar surface area (TPSA) is 39.3 Å². The maximum atomic E-state index is 12.4. The van der Waals surface area contributed by atoms with Gasteiger partial charge in [-0.1, -0.05) is 18.2 Å². The van der Waals surface area contributed by atoms with E-state index in [1.807, 2.05) is 35.2 Å². The quantitative estimate of drug-likeness (QED) is 0.777. The summed E-state index contributed by atoms with van der Waals surface area (Å²) < 4.78 is 5.60. The third kappa shape index (κ3) is 5.01. The molecule has 4 rings (SSSR count). The molecule has 2 aliphatic heterocycles. The smallest absolute Gasteiger partial charge is 0.260 e. The largest absolute Gasteiger partial charge is 0.484 e. The molecule has 2 aliphatic rings. The van der Waals surface area contributed by atoms with Crippen molar-refractivity contribution in [3.8, 4) is 5.75 Å². The van der Waals surface area contributed by atoms with Gasteiger partial charge in [-0.2, -0.15) is 0 Å². The Hall–Kier alpha value is -2.73. The predicted octanol–water partition coefficient (Wildman–Crippen LogP) is 2.17. The summed E-state index contributed by atoms with van der Waals surface area (Å²) in [4.78, 5) is 21.5. The van der Waals surface area contributed by atoms with Gasteiger partial charge in [0.05, 0.1) is 0 Å². The average molecular weight is 395 g/mol. The zero-order chi connectivity index (χ0) is 20.1. The maximum absolute atomic E-state index is 12.4. The maximum Gasteiger partial charge on any atom is 0.260 e. The lowest BCUT2D eigenvalue weighted by atomic mass is 10.2. The fourth-order valence-electron chi connectivity index (χ4n) is 3.91. The first kappa shape index (κ1) is 19.6. The number of carbonyl (C=O) groups is 1. The number of hydrogen-bond acceptors (Lipinski definition) is 5. The van der Waals surface area contributed by atoms with Crippen molar-refractivity contribution in [1.29, 1.82) is 0 Å². The van der Waals surface area contributed by atoms with E-state index in [0.29, 0.717) is 0 Å². The van der Waals surface area contributed by atoms with Gasteiger partial charge in [0.2, 0.25) is 0 Å². The molecule has 0 saturated carbocycles. The molecule has 2 aromatic carbocycles. The van der Waals surface area contributed by atoms with Gasteiger partial charge < -0.3 is 24.3 Å². The lowest BCUT2D eigenvalue weighted by Gasteiger charge is -2.37. The predicted molar refractivity (Wildman–Crippen MR) is 117 cm³/mol. The van der Waals surface area contributed by atoms with Crippen LogP contribution in [-0.4, -0.2) is 81.7 Å². The standard InChI is InChI=1S/C23H30N4O2/c1-24-11-13-25(14-12-24)20-7-9-21(10-8-20)26-15-17-27(18-16-26)23(28)19-29-22-5-3-2-4-6-22/h2-10H,11-19H2,1H3. The Labute approximate surface area is 173 Å². The molecule has 0 aromatic heterocycles. The van der Waals surface area contributed by atoms with Gasteiger partial charge in [0.15, 0.2) is 6.61 Å². The van der Waals surface area contributed by atoms with Crippen LogP contribution >= 0.6 is 0 Å². The fourth-order valence-corrected chi connectivity index (χ4v) is 3.91. The molecule has 154 valence electrons. The summed E-state index contributed by atoms with van der Waals surface area (Å²) in [6.45, 7) is 7.68. The number of likely N-dealkylation sites (N-methyl/N-ethyl adjacent to an activating group) is 1. The zero-order valence-corrected chi connectivity index (χ0v) is 17.2. The summed E-state index contributed by atoms with van der Waals surface area (Å²) in [5, 5.41) is 0. The first-order chi connectivity index (χ1) is 14.2. The molecule has 0 radical (unpaired) electrons. The molecule has 1 amide bonds. The van der Waals surface area contributed by atoms with Crippen LogP contribution in [0.4, 0.5) is 11.4 Å². The Kier molecular flexibility index (Phi) is 6.20. The summed E-state index contributed by atoms with van der Waals surface area (Å²) in [7, 11) is 2.18. The lowest BCUT2D eigenvalue weighted by molar-refractivity contribution is -0.133. The lowest BCUT2D eigenvalue weighted by Crippen LogP contribution is -2.50. The molecule has 2 aromatic rings. The van der Waals surface area contributed by atoms with E-state index in [-0.39, 0.29) is 12.5 Å². The van der Waals surface area contributed by atoms with E-state index >= 15 is 0 Å². The number of ether oxygens (including phenoxy) is 1. The molecule has 0 N–H and O–H groups in total. The van der Waals surface area contributed by atoms with Gasteiger partial charge in [-0.15, -0.1) is 0 Å². The van der Waals surface area contributed by atoms with E-state index < -0.39 is 0 Å². The summed E-state index contributed by atoms with van der Waals surface area (Å²) in [5.74, 6) is 0.791. The van der Waals surface area contributed by atoms with E-state index in [4.69, 9.17) is 4.74 Å². The minimum Gasteiger partial charge on any atom is -0.484 e. The van der Waals surface area contributed by atoms with Crippen LogP contribution < -0.4 is 14.5 Å². The monoisotopic (exact) mass is 394 g/mol. The van der Waals surface area contributed by atoms with Crippen molar-refractivity contribution in [2.45, 2.75) is 0 Å². The molecule has 2 fully saturated rings. The highest BCUT2D eigenvalue weighted by molar-refractivity contribution is 5.78. The third-order valence-electron chi connectivity index (χ3n) is 5.82. The fraction of sp³-hybridized carbons (Fsp3) is 0.435. The summed E-state index contributed by atoms with van der Waals surface area (Å²) in [6.07, 6.45) is 0. The number of carbonyl (C=O) groups excluding carboxylic acids is 1. The van der Waals surface area contributed by atoms with Crippen LogP contribution in [0.2, 0.25) is 0 Å². The van der Waals surface area contributed by atoms with Gasteiger partial charge in [0.1, 0.15) is 5.75 Å². The first-order valence-corrected chi connectivity index (χ1v) is 10.4. The van der Waals surface area contributed by atoms with Gasteiger partial charge in [-0.05, 0) is 43.4 Å². The molecule has 6 heteroatoms. The SMILES string of the molecule is CN1CCN(c2ccc(N3CCN(C(=O)COc4ccccc4)CC3)cc2)CC1. The van der Waals surface area contributed by atoms with Crippen molar-refractivity contribution >= 4 is 17.3 Å². The van der Waals surface area contributed by atoms with Crippen LogP contribution in [0.25, 0.3) is 0 Å². The summed E-state index contributed by atoms with van der Waals surface area (Å²) in [5.41, 5.74) is 2.53. The number of hydrogen-bond donors (Lipinski definition) is 0. The van der Waals surface area contributed by atoms with Gasteiger partial charge in [-0.3, -0.25) is 4.79 Å². The van der Waals surface area contributed by atoms with Crippen LogP contribution in [-0.2, 0) is 4.79 Å².